The number of thioether (sulfide) groups is 1. The molecule has 1 aliphatic heterocycles. The fourth-order valence-corrected chi connectivity index (χ4v) is 2.94. The van der Waals surface area contributed by atoms with E-state index in [1.54, 1.807) is 0 Å². The van der Waals surface area contributed by atoms with E-state index < -0.39 is 0 Å². The Labute approximate surface area is 132 Å². The lowest BCUT2D eigenvalue weighted by Crippen LogP contribution is -2.49. The highest BCUT2D eigenvalue weighted by Crippen LogP contribution is 2.16. The second-order valence-electron chi connectivity index (χ2n) is 5.57. The number of hydrogen-bond acceptors (Lipinski definition) is 4. The Morgan fingerprint density at radius 2 is 1.95 bits per heavy atom. The van der Waals surface area contributed by atoms with Gasteiger partial charge in [0.25, 0.3) is 5.91 Å². The average molecular weight is 307 g/mol. The monoisotopic (exact) mass is 307 g/mol. The van der Waals surface area contributed by atoms with Gasteiger partial charge in [0.2, 0.25) is 0 Å². The van der Waals surface area contributed by atoms with Crippen LogP contribution in [0.25, 0.3) is 0 Å². The van der Waals surface area contributed by atoms with Gasteiger partial charge in [-0.3, -0.25) is 9.69 Å². The minimum absolute atomic E-state index is 0.156. The molecule has 0 N–H and O–H groups in total. The van der Waals surface area contributed by atoms with Gasteiger partial charge < -0.3 is 9.80 Å². The number of carbonyl (C=O) groups excluding carboxylic acids is 1. The summed E-state index contributed by atoms with van der Waals surface area (Å²) in [6.07, 6.45) is 2.14. The number of nitrogens with zero attached hydrogens (tertiary/aromatic N) is 3. The molecule has 0 unspecified atom stereocenters. The molecule has 0 atom stereocenters. The second kappa shape index (κ2) is 7.71. The summed E-state index contributed by atoms with van der Waals surface area (Å²) in [4.78, 5) is 19.0. The molecule has 0 spiro atoms. The van der Waals surface area contributed by atoms with E-state index in [0.29, 0.717) is 0 Å². The molecular formula is C16H25N3OS. The Hall–Kier alpha value is -1.20. The zero-order valence-electron chi connectivity index (χ0n) is 13.2. The SMILES string of the molecule is CSCCN1CCN(C(=O)c2cccc(N(C)C)c2)CC1. The van der Waals surface area contributed by atoms with E-state index in [2.05, 4.69) is 11.2 Å². The summed E-state index contributed by atoms with van der Waals surface area (Å²) in [7, 11) is 3.99. The molecule has 1 heterocycles. The largest absolute Gasteiger partial charge is 0.378 e. The number of hydrogen-bond donors (Lipinski definition) is 0. The number of carbonyl (C=O) groups is 1. The van der Waals surface area contributed by atoms with Crippen molar-refractivity contribution in [1.29, 1.82) is 0 Å². The molecule has 1 saturated heterocycles. The highest BCUT2D eigenvalue weighted by molar-refractivity contribution is 7.98. The molecule has 0 aliphatic carbocycles. The molecule has 0 aromatic heterocycles. The number of piperazine rings is 1. The number of rotatable bonds is 5. The van der Waals surface area contributed by atoms with E-state index in [1.807, 2.05) is 59.9 Å². The van der Waals surface area contributed by atoms with Crippen molar-refractivity contribution in [3.8, 4) is 0 Å². The van der Waals surface area contributed by atoms with Crippen molar-refractivity contribution in [3.05, 3.63) is 29.8 Å². The number of anilines is 1. The van der Waals surface area contributed by atoms with Gasteiger partial charge in [0.15, 0.2) is 0 Å². The maximum atomic E-state index is 12.6. The summed E-state index contributed by atoms with van der Waals surface area (Å²) in [6, 6.07) is 7.87. The second-order valence-corrected chi connectivity index (χ2v) is 6.56. The van der Waals surface area contributed by atoms with Gasteiger partial charge in [-0.2, -0.15) is 11.8 Å². The average Bonchev–Trinajstić information content (AvgIpc) is 2.53. The first-order valence-electron chi connectivity index (χ1n) is 7.40. The highest BCUT2D eigenvalue weighted by atomic mass is 32.2. The van der Waals surface area contributed by atoms with E-state index in [1.165, 1.54) is 5.75 Å². The van der Waals surface area contributed by atoms with Gasteiger partial charge in [-0.05, 0) is 24.5 Å². The Balaban J connectivity index is 1.94. The minimum Gasteiger partial charge on any atom is -0.378 e. The van der Waals surface area contributed by atoms with Gasteiger partial charge in [-0.1, -0.05) is 6.07 Å². The lowest BCUT2D eigenvalue weighted by molar-refractivity contribution is 0.0644. The molecule has 1 aliphatic rings. The van der Waals surface area contributed by atoms with Gasteiger partial charge in [-0.15, -0.1) is 0 Å². The quantitative estimate of drug-likeness (QED) is 0.830. The first-order valence-corrected chi connectivity index (χ1v) is 8.79. The molecule has 1 fully saturated rings. The Bertz CT molecular complexity index is 470. The van der Waals surface area contributed by atoms with Crippen LogP contribution in [0.1, 0.15) is 10.4 Å². The zero-order chi connectivity index (χ0) is 15.2. The van der Waals surface area contributed by atoms with Crippen LogP contribution in [-0.4, -0.2) is 74.5 Å². The molecule has 116 valence electrons. The molecule has 4 nitrogen and oxygen atoms in total. The Morgan fingerprint density at radius 3 is 2.57 bits per heavy atom. The van der Waals surface area contributed by atoms with Crippen LogP contribution >= 0.6 is 11.8 Å². The summed E-state index contributed by atoms with van der Waals surface area (Å²) >= 11 is 1.88. The molecule has 1 aromatic carbocycles. The third-order valence-electron chi connectivity index (χ3n) is 3.88. The van der Waals surface area contributed by atoms with Crippen LogP contribution in [0.3, 0.4) is 0 Å². The van der Waals surface area contributed by atoms with Crippen molar-refractivity contribution in [1.82, 2.24) is 9.80 Å². The van der Waals surface area contributed by atoms with Crippen molar-refractivity contribution in [2.45, 2.75) is 0 Å². The molecule has 0 saturated carbocycles. The Morgan fingerprint density at radius 1 is 1.24 bits per heavy atom. The number of benzene rings is 1. The lowest BCUT2D eigenvalue weighted by atomic mass is 10.1. The van der Waals surface area contributed by atoms with Gasteiger partial charge in [0.1, 0.15) is 0 Å². The fourth-order valence-electron chi connectivity index (χ4n) is 2.49. The third-order valence-corrected chi connectivity index (χ3v) is 4.47. The van der Waals surface area contributed by atoms with Crippen LogP contribution in [-0.2, 0) is 0 Å². The summed E-state index contributed by atoms with van der Waals surface area (Å²) in [5.41, 5.74) is 1.86. The van der Waals surface area contributed by atoms with Crippen LogP contribution in [0.15, 0.2) is 24.3 Å². The Kier molecular flexibility index (Phi) is 5.94. The molecule has 21 heavy (non-hydrogen) atoms. The van der Waals surface area contributed by atoms with Crippen molar-refractivity contribution in [3.63, 3.8) is 0 Å². The van der Waals surface area contributed by atoms with Gasteiger partial charge in [-0.25, -0.2) is 0 Å². The predicted octanol–water partition coefficient (Wildman–Crippen LogP) is 1.87. The smallest absolute Gasteiger partial charge is 0.254 e. The third kappa shape index (κ3) is 4.38. The van der Waals surface area contributed by atoms with Gasteiger partial charge in [0.05, 0.1) is 0 Å². The van der Waals surface area contributed by atoms with Crippen molar-refractivity contribution < 1.29 is 4.79 Å². The van der Waals surface area contributed by atoms with Crippen molar-refractivity contribution >= 4 is 23.4 Å². The summed E-state index contributed by atoms with van der Waals surface area (Å²) in [6.45, 7) is 4.76. The van der Waals surface area contributed by atoms with Gasteiger partial charge >= 0.3 is 0 Å². The first kappa shape index (κ1) is 16.2. The molecule has 2 rings (SSSR count). The molecular weight excluding hydrogens is 282 g/mol. The van der Waals surface area contributed by atoms with E-state index >= 15 is 0 Å². The van der Waals surface area contributed by atoms with Crippen LogP contribution < -0.4 is 4.90 Å². The van der Waals surface area contributed by atoms with Gasteiger partial charge in [0, 0.05) is 63.8 Å². The fraction of sp³-hybridized carbons (Fsp3) is 0.562. The van der Waals surface area contributed by atoms with Crippen LogP contribution in [0.2, 0.25) is 0 Å². The molecule has 0 radical (unpaired) electrons. The molecule has 5 heteroatoms. The van der Waals surface area contributed by atoms with Crippen LogP contribution in [0.5, 0.6) is 0 Å². The van der Waals surface area contributed by atoms with E-state index in [-0.39, 0.29) is 5.91 Å². The highest BCUT2D eigenvalue weighted by Gasteiger charge is 2.21. The zero-order valence-corrected chi connectivity index (χ0v) is 14.0. The van der Waals surface area contributed by atoms with Crippen molar-refractivity contribution in [2.75, 3.05) is 63.7 Å². The topological polar surface area (TPSA) is 26.8 Å². The molecule has 0 bridgehead atoms. The maximum Gasteiger partial charge on any atom is 0.254 e. The van der Waals surface area contributed by atoms with E-state index in [9.17, 15) is 4.79 Å². The standard InChI is InChI=1S/C16H25N3OS/c1-17(2)15-6-4-5-14(13-15)16(20)19-9-7-18(8-10-19)11-12-21-3/h4-6,13H,7-12H2,1-3H3. The minimum atomic E-state index is 0.156. The first-order chi connectivity index (χ1) is 10.1. The van der Waals surface area contributed by atoms with E-state index in [4.69, 9.17) is 0 Å². The molecule has 1 amide bonds. The number of amides is 1. The predicted molar refractivity (Wildman–Crippen MR) is 91.5 cm³/mol. The van der Waals surface area contributed by atoms with Crippen molar-refractivity contribution in [2.24, 2.45) is 0 Å². The summed E-state index contributed by atoms with van der Waals surface area (Å²) < 4.78 is 0. The van der Waals surface area contributed by atoms with Crippen LogP contribution in [0.4, 0.5) is 5.69 Å². The van der Waals surface area contributed by atoms with E-state index in [0.717, 1.165) is 44.0 Å². The lowest BCUT2D eigenvalue weighted by Gasteiger charge is -2.34. The normalized spacial score (nSPS) is 16.0. The summed E-state index contributed by atoms with van der Waals surface area (Å²) in [5.74, 6) is 1.32. The van der Waals surface area contributed by atoms with Crippen LogP contribution in [0, 0.1) is 0 Å². The summed E-state index contributed by atoms with van der Waals surface area (Å²) in [5, 5.41) is 0. The maximum absolute atomic E-state index is 12.6. The molecule has 1 aromatic rings.